The molecular weight excluding hydrogens is 214 g/mol. The minimum Gasteiger partial charge on any atom is -0.485 e. The zero-order valence-electron chi connectivity index (χ0n) is 8.58. The smallest absolute Gasteiger partial charge is 0.276 e. The second-order valence-electron chi connectivity index (χ2n) is 3.04. The Morgan fingerprint density at radius 3 is 2.94 bits per heavy atom. The Hall–Kier alpha value is -2.31. The van der Waals surface area contributed by atoms with Crippen molar-refractivity contribution in [3.8, 4) is 5.75 Å². The van der Waals surface area contributed by atoms with Gasteiger partial charge in [-0.05, 0) is 13.0 Å². The van der Waals surface area contributed by atoms with Gasteiger partial charge in [0.25, 0.3) is 5.69 Å². The van der Waals surface area contributed by atoms with Crippen molar-refractivity contribution in [1.82, 2.24) is 0 Å². The molecule has 0 fully saturated rings. The molecule has 0 aliphatic heterocycles. The maximum absolute atomic E-state index is 10.6. The SMILES string of the molecule is Cc1c(OC/C(N)=N/O)cccc1[N+](=O)[O-]. The molecule has 0 aromatic heterocycles. The quantitative estimate of drug-likeness (QED) is 0.261. The number of amidine groups is 1. The van der Waals surface area contributed by atoms with Crippen LogP contribution >= 0.6 is 0 Å². The van der Waals surface area contributed by atoms with Gasteiger partial charge in [-0.1, -0.05) is 11.2 Å². The van der Waals surface area contributed by atoms with Crippen LogP contribution < -0.4 is 10.5 Å². The number of nitrogens with zero attached hydrogens (tertiary/aromatic N) is 2. The fourth-order valence-corrected chi connectivity index (χ4v) is 1.14. The number of rotatable bonds is 4. The number of nitro groups is 1. The zero-order valence-corrected chi connectivity index (χ0v) is 8.58. The molecule has 0 unspecified atom stereocenters. The lowest BCUT2D eigenvalue weighted by Crippen LogP contribution is -2.21. The molecule has 3 N–H and O–H groups in total. The number of oxime groups is 1. The summed E-state index contributed by atoms with van der Waals surface area (Å²) < 4.78 is 5.16. The number of nitrogens with two attached hydrogens (primary N) is 1. The molecule has 7 heteroatoms. The molecule has 86 valence electrons. The van der Waals surface area contributed by atoms with Crippen molar-refractivity contribution in [3.63, 3.8) is 0 Å². The third-order valence-electron chi connectivity index (χ3n) is 1.96. The van der Waals surface area contributed by atoms with Gasteiger partial charge in [0.15, 0.2) is 5.84 Å². The predicted molar refractivity (Wildman–Crippen MR) is 56.7 cm³/mol. The monoisotopic (exact) mass is 225 g/mol. The van der Waals surface area contributed by atoms with Gasteiger partial charge in [-0.15, -0.1) is 0 Å². The average molecular weight is 225 g/mol. The lowest BCUT2D eigenvalue weighted by Gasteiger charge is -2.07. The molecule has 16 heavy (non-hydrogen) atoms. The summed E-state index contributed by atoms with van der Waals surface area (Å²) in [5, 5.41) is 21.7. The van der Waals surface area contributed by atoms with Crippen LogP contribution in [0.15, 0.2) is 23.4 Å². The summed E-state index contributed by atoms with van der Waals surface area (Å²) in [7, 11) is 0. The summed E-state index contributed by atoms with van der Waals surface area (Å²) in [6.45, 7) is 1.44. The van der Waals surface area contributed by atoms with Crippen LogP contribution in [-0.2, 0) is 0 Å². The summed E-state index contributed by atoms with van der Waals surface area (Å²) in [5.74, 6) is 0.228. The van der Waals surface area contributed by atoms with Crippen molar-refractivity contribution in [2.24, 2.45) is 10.9 Å². The van der Waals surface area contributed by atoms with Crippen LogP contribution in [0.25, 0.3) is 0 Å². The summed E-state index contributed by atoms with van der Waals surface area (Å²) >= 11 is 0. The highest BCUT2D eigenvalue weighted by Crippen LogP contribution is 2.26. The van der Waals surface area contributed by atoms with Gasteiger partial charge in [-0.2, -0.15) is 0 Å². The van der Waals surface area contributed by atoms with E-state index in [2.05, 4.69) is 5.16 Å². The van der Waals surface area contributed by atoms with E-state index in [0.29, 0.717) is 11.3 Å². The third-order valence-corrected chi connectivity index (χ3v) is 1.96. The van der Waals surface area contributed by atoms with E-state index in [9.17, 15) is 10.1 Å². The molecule has 0 heterocycles. The molecule has 1 aromatic carbocycles. The minimum absolute atomic E-state index is 0.0305. The fraction of sp³-hybridized carbons (Fsp3) is 0.222. The predicted octanol–water partition coefficient (Wildman–Crippen LogP) is 1.03. The Morgan fingerprint density at radius 2 is 2.38 bits per heavy atom. The van der Waals surface area contributed by atoms with E-state index in [1.807, 2.05) is 0 Å². The van der Waals surface area contributed by atoms with E-state index in [0.717, 1.165) is 0 Å². The van der Waals surface area contributed by atoms with Gasteiger partial charge in [0.05, 0.1) is 10.5 Å². The molecule has 0 saturated carbocycles. The third kappa shape index (κ3) is 2.59. The Kier molecular flexibility index (Phi) is 3.65. The molecule has 0 aliphatic carbocycles. The summed E-state index contributed by atoms with van der Waals surface area (Å²) in [6, 6.07) is 4.46. The normalized spacial score (nSPS) is 11.2. The standard InChI is InChI=1S/C9H11N3O4/c1-6-7(12(14)15)3-2-4-8(6)16-5-9(10)11-13/h2-4,13H,5H2,1H3,(H2,10,11). The zero-order chi connectivity index (χ0) is 12.1. The molecule has 0 spiro atoms. The van der Waals surface area contributed by atoms with Crippen LogP contribution in [0.5, 0.6) is 5.75 Å². The van der Waals surface area contributed by atoms with E-state index < -0.39 is 4.92 Å². The molecule has 0 saturated heterocycles. The van der Waals surface area contributed by atoms with Crippen LogP contribution in [-0.4, -0.2) is 22.6 Å². The first-order chi connectivity index (χ1) is 7.56. The summed E-state index contributed by atoms with van der Waals surface area (Å²) in [5.41, 5.74) is 5.58. The van der Waals surface area contributed by atoms with E-state index in [1.165, 1.54) is 12.1 Å². The molecule has 0 bridgehead atoms. The van der Waals surface area contributed by atoms with Gasteiger partial charge in [0.1, 0.15) is 12.4 Å². The highest BCUT2D eigenvalue weighted by Gasteiger charge is 2.14. The van der Waals surface area contributed by atoms with Gasteiger partial charge < -0.3 is 15.7 Å². The Bertz CT molecular complexity index is 431. The molecule has 0 aliphatic rings. The molecule has 1 rings (SSSR count). The topological polar surface area (TPSA) is 111 Å². The minimum atomic E-state index is -0.494. The van der Waals surface area contributed by atoms with Gasteiger partial charge in [0.2, 0.25) is 0 Å². The van der Waals surface area contributed by atoms with Crippen LogP contribution in [0.3, 0.4) is 0 Å². The van der Waals surface area contributed by atoms with E-state index >= 15 is 0 Å². The van der Waals surface area contributed by atoms with E-state index in [1.54, 1.807) is 13.0 Å². The molecule has 0 amide bonds. The van der Waals surface area contributed by atoms with Gasteiger partial charge in [-0.3, -0.25) is 10.1 Å². The van der Waals surface area contributed by atoms with Crippen molar-refractivity contribution in [2.75, 3.05) is 6.61 Å². The van der Waals surface area contributed by atoms with Crippen molar-refractivity contribution in [3.05, 3.63) is 33.9 Å². The van der Waals surface area contributed by atoms with E-state index in [-0.39, 0.29) is 18.1 Å². The number of benzene rings is 1. The van der Waals surface area contributed by atoms with Crippen LogP contribution in [0, 0.1) is 17.0 Å². The Labute approximate surface area is 91.3 Å². The fourth-order valence-electron chi connectivity index (χ4n) is 1.14. The van der Waals surface area contributed by atoms with Crippen molar-refractivity contribution in [2.45, 2.75) is 6.92 Å². The van der Waals surface area contributed by atoms with Crippen molar-refractivity contribution < 1.29 is 14.9 Å². The first kappa shape index (κ1) is 11.8. The Balaban J connectivity index is 2.89. The first-order valence-corrected chi connectivity index (χ1v) is 4.39. The van der Waals surface area contributed by atoms with E-state index in [4.69, 9.17) is 15.7 Å². The molecular formula is C9H11N3O4. The maximum atomic E-state index is 10.6. The average Bonchev–Trinajstić information content (AvgIpc) is 2.26. The molecule has 0 atom stereocenters. The number of hydrogen-bond acceptors (Lipinski definition) is 5. The largest absolute Gasteiger partial charge is 0.485 e. The number of hydrogen-bond donors (Lipinski definition) is 2. The second-order valence-corrected chi connectivity index (χ2v) is 3.04. The lowest BCUT2D eigenvalue weighted by molar-refractivity contribution is -0.385. The maximum Gasteiger partial charge on any atom is 0.276 e. The summed E-state index contributed by atoms with van der Waals surface area (Å²) in [4.78, 5) is 10.1. The second kappa shape index (κ2) is 4.96. The van der Waals surface area contributed by atoms with Crippen LogP contribution in [0.1, 0.15) is 5.56 Å². The van der Waals surface area contributed by atoms with Gasteiger partial charge >= 0.3 is 0 Å². The molecule has 0 radical (unpaired) electrons. The first-order valence-electron chi connectivity index (χ1n) is 4.39. The van der Waals surface area contributed by atoms with Crippen molar-refractivity contribution >= 4 is 11.5 Å². The van der Waals surface area contributed by atoms with Crippen LogP contribution in [0.4, 0.5) is 5.69 Å². The van der Waals surface area contributed by atoms with Gasteiger partial charge in [-0.25, -0.2) is 0 Å². The molecule has 7 nitrogen and oxygen atoms in total. The lowest BCUT2D eigenvalue weighted by atomic mass is 10.2. The molecule has 1 aromatic rings. The Morgan fingerprint density at radius 1 is 1.69 bits per heavy atom. The number of ether oxygens (including phenoxy) is 1. The number of nitro benzene ring substituents is 1. The van der Waals surface area contributed by atoms with Gasteiger partial charge in [0, 0.05) is 6.07 Å². The van der Waals surface area contributed by atoms with Crippen LogP contribution in [0.2, 0.25) is 0 Å². The van der Waals surface area contributed by atoms with Crippen molar-refractivity contribution in [1.29, 1.82) is 0 Å². The highest BCUT2D eigenvalue weighted by molar-refractivity contribution is 5.81. The summed E-state index contributed by atoms with van der Waals surface area (Å²) in [6.07, 6.45) is 0. The highest BCUT2D eigenvalue weighted by atomic mass is 16.6.